The Bertz CT molecular complexity index is 443. The van der Waals surface area contributed by atoms with Gasteiger partial charge in [0.2, 0.25) is 0 Å². The van der Waals surface area contributed by atoms with Gasteiger partial charge in [-0.2, -0.15) is 0 Å². The van der Waals surface area contributed by atoms with Crippen LogP contribution in [0.15, 0.2) is 24.3 Å². The molecular formula is C17H26N2. The molecule has 0 spiro atoms. The molecule has 2 aliphatic rings. The van der Waals surface area contributed by atoms with Gasteiger partial charge in [0.05, 0.1) is 5.54 Å². The van der Waals surface area contributed by atoms with Crippen molar-refractivity contribution < 1.29 is 0 Å². The minimum atomic E-state index is 0.117. The van der Waals surface area contributed by atoms with Crippen LogP contribution in [-0.4, -0.2) is 24.0 Å². The maximum atomic E-state index is 6.31. The predicted octanol–water partition coefficient (Wildman–Crippen LogP) is 3.05. The van der Waals surface area contributed by atoms with Crippen molar-refractivity contribution in [2.45, 2.75) is 57.0 Å². The van der Waals surface area contributed by atoms with Gasteiger partial charge in [-0.15, -0.1) is 0 Å². The Morgan fingerprint density at radius 3 is 2.95 bits per heavy atom. The lowest BCUT2D eigenvalue weighted by molar-refractivity contribution is 0.0593. The second-order valence-electron chi connectivity index (χ2n) is 6.14. The van der Waals surface area contributed by atoms with E-state index in [4.69, 9.17) is 5.73 Å². The number of benzene rings is 1. The summed E-state index contributed by atoms with van der Waals surface area (Å²) in [7, 11) is 0. The quantitative estimate of drug-likeness (QED) is 0.903. The topological polar surface area (TPSA) is 29.3 Å². The number of hydrogen-bond donors (Lipinski definition) is 1. The fourth-order valence-corrected chi connectivity index (χ4v) is 4.35. The van der Waals surface area contributed by atoms with Crippen LogP contribution in [0.1, 0.15) is 50.2 Å². The van der Waals surface area contributed by atoms with Crippen LogP contribution in [0.25, 0.3) is 0 Å². The van der Waals surface area contributed by atoms with Crippen LogP contribution in [0.4, 0.5) is 0 Å². The number of nitrogens with two attached hydrogens (primary N) is 1. The lowest BCUT2D eigenvalue weighted by atomic mass is 9.75. The maximum absolute atomic E-state index is 6.31. The second-order valence-corrected chi connectivity index (χ2v) is 6.14. The van der Waals surface area contributed by atoms with Crippen molar-refractivity contribution in [2.75, 3.05) is 13.1 Å². The second kappa shape index (κ2) is 5.26. The van der Waals surface area contributed by atoms with Crippen molar-refractivity contribution in [3.05, 3.63) is 35.4 Å². The van der Waals surface area contributed by atoms with E-state index in [0.717, 1.165) is 12.6 Å². The van der Waals surface area contributed by atoms with Crippen LogP contribution in [0.2, 0.25) is 0 Å². The van der Waals surface area contributed by atoms with Crippen LogP contribution in [0, 0.1) is 0 Å². The predicted molar refractivity (Wildman–Crippen MR) is 80.1 cm³/mol. The minimum Gasteiger partial charge on any atom is -0.328 e. The van der Waals surface area contributed by atoms with Crippen LogP contribution in [0.5, 0.6) is 0 Å². The normalized spacial score (nSPS) is 31.4. The van der Waals surface area contributed by atoms with E-state index in [-0.39, 0.29) is 5.54 Å². The zero-order valence-electron chi connectivity index (χ0n) is 12.1. The standard InChI is InChI=1S/C17H26N2/c1-2-15-9-6-12-19(15)17(13-18)11-5-8-14-7-3-4-10-16(14)17/h3-4,7,10,15H,2,5-6,8-9,11-13,18H2,1H3. The molecule has 2 atom stereocenters. The Kier molecular flexibility index (Phi) is 3.64. The van der Waals surface area contributed by atoms with Gasteiger partial charge in [0.25, 0.3) is 0 Å². The summed E-state index contributed by atoms with van der Waals surface area (Å²) in [6.07, 6.45) is 7.67. The summed E-state index contributed by atoms with van der Waals surface area (Å²) in [6.45, 7) is 4.31. The molecule has 0 radical (unpaired) electrons. The summed E-state index contributed by atoms with van der Waals surface area (Å²) in [6, 6.07) is 9.72. The number of nitrogens with zero attached hydrogens (tertiary/aromatic N) is 1. The van der Waals surface area contributed by atoms with E-state index < -0.39 is 0 Å². The molecule has 3 rings (SSSR count). The SMILES string of the molecule is CCC1CCCN1C1(CN)CCCc2ccccc21. The molecule has 1 aromatic rings. The average molecular weight is 258 g/mol. The monoisotopic (exact) mass is 258 g/mol. The highest BCUT2D eigenvalue weighted by atomic mass is 15.3. The van der Waals surface area contributed by atoms with Gasteiger partial charge >= 0.3 is 0 Å². The zero-order chi connectivity index (χ0) is 13.3. The third kappa shape index (κ3) is 2.02. The Balaban J connectivity index is 2.04. The van der Waals surface area contributed by atoms with E-state index in [1.807, 2.05) is 0 Å². The molecule has 2 nitrogen and oxygen atoms in total. The van der Waals surface area contributed by atoms with Crippen LogP contribution in [0.3, 0.4) is 0 Å². The molecular weight excluding hydrogens is 232 g/mol. The fraction of sp³-hybridized carbons (Fsp3) is 0.647. The fourth-order valence-electron chi connectivity index (χ4n) is 4.35. The summed E-state index contributed by atoms with van der Waals surface area (Å²) in [5.74, 6) is 0. The Hall–Kier alpha value is -0.860. The molecule has 19 heavy (non-hydrogen) atoms. The molecule has 0 saturated carbocycles. The van der Waals surface area contributed by atoms with E-state index in [1.54, 1.807) is 0 Å². The number of aryl methyl sites for hydroxylation is 1. The van der Waals surface area contributed by atoms with E-state index >= 15 is 0 Å². The maximum Gasteiger partial charge on any atom is 0.0588 e. The van der Waals surface area contributed by atoms with E-state index in [9.17, 15) is 0 Å². The van der Waals surface area contributed by atoms with Crippen LogP contribution < -0.4 is 5.73 Å². The van der Waals surface area contributed by atoms with Gasteiger partial charge in [0.1, 0.15) is 0 Å². The van der Waals surface area contributed by atoms with E-state index in [0.29, 0.717) is 0 Å². The molecule has 0 aromatic heterocycles. The van der Waals surface area contributed by atoms with Crippen molar-refractivity contribution in [3.8, 4) is 0 Å². The number of rotatable bonds is 3. The molecule has 2 heteroatoms. The Morgan fingerprint density at radius 2 is 2.16 bits per heavy atom. The van der Waals surface area contributed by atoms with Crippen LogP contribution in [-0.2, 0) is 12.0 Å². The molecule has 2 N–H and O–H groups in total. The third-order valence-electron chi connectivity index (χ3n) is 5.29. The van der Waals surface area contributed by atoms with Crippen molar-refractivity contribution in [1.29, 1.82) is 0 Å². The molecule has 1 aliphatic carbocycles. The summed E-state index contributed by atoms with van der Waals surface area (Å²) in [5.41, 5.74) is 9.47. The van der Waals surface area contributed by atoms with Gasteiger partial charge in [-0.05, 0) is 56.2 Å². The van der Waals surface area contributed by atoms with Gasteiger partial charge in [-0.25, -0.2) is 0 Å². The first-order valence-electron chi connectivity index (χ1n) is 7.87. The van der Waals surface area contributed by atoms with Gasteiger partial charge in [0, 0.05) is 12.6 Å². The molecule has 1 aromatic carbocycles. The molecule has 104 valence electrons. The number of fused-ring (bicyclic) bond motifs is 1. The van der Waals surface area contributed by atoms with Crippen molar-refractivity contribution in [2.24, 2.45) is 5.73 Å². The highest BCUT2D eigenvalue weighted by molar-refractivity contribution is 5.37. The lowest BCUT2D eigenvalue weighted by Crippen LogP contribution is -2.54. The third-order valence-corrected chi connectivity index (χ3v) is 5.29. The smallest absolute Gasteiger partial charge is 0.0588 e. The van der Waals surface area contributed by atoms with Gasteiger partial charge < -0.3 is 5.73 Å². The number of likely N-dealkylation sites (tertiary alicyclic amines) is 1. The van der Waals surface area contributed by atoms with Crippen molar-refractivity contribution in [1.82, 2.24) is 4.90 Å². The summed E-state index contributed by atoms with van der Waals surface area (Å²) in [5, 5.41) is 0. The first-order valence-corrected chi connectivity index (χ1v) is 7.87. The van der Waals surface area contributed by atoms with Crippen LogP contribution >= 0.6 is 0 Å². The zero-order valence-corrected chi connectivity index (χ0v) is 12.1. The summed E-state index contributed by atoms with van der Waals surface area (Å²) >= 11 is 0. The molecule has 0 bridgehead atoms. The molecule has 1 heterocycles. The Labute approximate surface area is 117 Å². The first kappa shape index (κ1) is 13.1. The van der Waals surface area contributed by atoms with Crippen molar-refractivity contribution in [3.63, 3.8) is 0 Å². The average Bonchev–Trinajstić information content (AvgIpc) is 2.95. The molecule has 1 saturated heterocycles. The molecule has 2 unspecified atom stereocenters. The van der Waals surface area contributed by atoms with E-state index in [1.165, 1.54) is 56.2 Å². The van der Waals surface area contributed by atoms with E-state index in [2.05, 4.69) is 36.1 Å². The lowest BCUT2D eigenvalue weighted by Gasteiger charge is -2.48. The first-order chi connectivity index (χ1) is 9.31. The van der Waals surface area contributed by atoms with Gasteiger partial charge in [0.15, 0.2) is 0 Å². The Morgan fingerprint density at radius 1 is 1.32 bits per heavy atom. The van der Waals surface area contributed by atoms with Gasteiger partial charge in [-0.3, -0.25) is 4.90 Å². The minimum absolute atomic E-state index is 0.117. The largest absolute Gasteiger partial charge is 0.328 e. The molecule has 0 amide bonds. The highest BCUT2D eigenvalue weighted by Crippen LogP contribution is 2.43. The summed E-state index contributed by atoms with van der Waals surface area (Å²) < 4.78 is 0. The van der Waals surface area contributed by atoms with Crippen molar-refractivity contribution >= 4 is 0 Å². The number of hydrogen-bond acceptors (Lipinski definition) is 2. The molecule has 1 aliphatic heterocycles. The van der Waals surface area contributed by atoms with Gasteiger partial charge in [-0.1, -0.05) is 31.2 Å². The molecule has 1 fully saturated rings. The summed E-state index contributed by atoms with van der Waals surface area (Å²) in [4.78, 5) is 2.74. The highest BCUT2D eigenvalue weighted by Gasteiger charge is 2.44.